The van der Waals surface area contributed by atoms with Crippen molar-refractivity contribution in [2.45, 2.75) is 25.7 Å². The van der Waals surface area contributed by atoms with Gasteiger partial charge in [-0.3, -0.25) is 9.59 Å². The van der Waals surface area contributed by atoms with Crippen molar-refractivity contribution >= 4 is 23.5 Å². The highest BCUT2D eigenvalue weighted by molar-refractivity contribution is 6.30. The number of hydrogen-bond acceptors (Lipinski definition) is 3. The van der Waals surface area contributed by atoms with Crippen LogP contribution in [0.15, 0.2) is 42.5 Å². The number of carbonyl (C=O) groups excluding carboxylic acids is 2. The van der Waals surface area contributed by atoms with Crippen molar-refractivity contribution in [2.24, 2.45) is 5.92 Å². The van der Waals surface area contributed by atoms with Crippen LogP contribution in [0.3, 0.4) is 0 Å². The van der Waals surface area contributed by atoms with Gasteiger partial charge in [-0.05, 0) is 37.1 Å². The molecule has 1 aliphatic rings. The number of rotatable bonds is 4. The second-order valence-corrected chi connectivity index (χ2v) is 6.72. The van der Waals surface area contributed by atoms with Gasteiger partial charge in [-0.2, -0.15) is 0 Å². The predicted octanol–water partition coefficient (Wildman–Crippen LogP) is 3.63. The number of carbonyl (C=O) groups is 2. The zero-order valence-corrected chi connectivity index (χ0v) is 15.2. The van der Waals surface area contributed by atoms with Crippen LogP contribution in [0, 0.1) is 12.8 Å². The van der Waals surface area contributed by atoms with Crippen molar-refractivity contribution in [3.63, 3.8) is 0 Å². The molecule has 0 fully saturated rings. The summed E-state index contributed by atoms with van der Waals surface area (Å²) in [5, 5.41) is 3.19. The fourth-order valence-electron chi connectivity index (χ4n) is 3.67. The SMILES string of the molecule is CCC(C(=O)NC)C1(c2ccc(C)cc2)C(=O)Oc2ccc(Cl)cc21. The summed E-state index contributed by atoms with van der Waals surface area (Å²) < 4.78 is 5.56. The van der Waals surface area contributed by atoms with Gasteiger partial charge in [-0.1, -0.05) is 48.4 Å². The number of amides is 1. The Bertz CT molecular complexity index is 831. The molecule has 130 valence electrons. The minimum absolute atomic E-state index is 0.201. The number of hydrogen-bond donors (Lipinski definition) is 1. The number of nitrogens with one attached hydrogen (secondary N) is 1. The summed E-state index contributed by atoms with van der Waals surface area (Å²) in [6.07, 6.45) is 0.481. The average molecular weight is 358 g/mol. The first-order chi connectivity index (χ1) is 11.9. The molecule has 0 radical (unpaired) electrons. The molecule has 1 heterocycles. The lowest BCUT2D eigenvalue weighted by atomic mass is 9.65. The zero-order chi connectivity index (χ0) is 18.2. The lowest BCUT2D eigenvalue weighted by Gasteiger charge is -2.33. The molecular weight excluding hydrogens is 338 g/mol. The number of fused-ring (bicyclic) bond motifs is 1. The van der Waals surface area contributed by atoms with Crippen molar-refractivity contribution < 1.29 is 14.3 Å². The van der Waals surface area contributed by atoms with E-state index in [0.717, 1.165) is 11.1 Å². The van der Waals surface area contributed by atoms with Crippen LogP contribution < -0.4 is 10.1 Å². The van der Waals surface area contributed by atoms with Crippen LogP contribution in [-0.4, -0.2) is 18.9 Å². The van der Waals surface area contributed by atoms with Crippen LogP contribution in [0.25, 0.3) is 0 Å². The summed E-state index contributed by atoms with van der Waals surface area (Å²) in [4.78, 5) is 25.8. The maximum absolute atomic E-state index is 13.1. The highest BCUT2D eigenvalue weighted by Crippen LogP contribution is 2.51. The van der Waals surface area contributed by atoms with Crippen molar-refractivity contribution in [3.05, 3.63) is 64.2 Å². The van der Waals surface area contributed by atoms with Gasteiger partial charge in [-0.25, -0.2) is 0 Å². The third kappa shape index (κ3) is 2.61. The minimum atomic E-state index is -1.21. The van der Waals surface area contributed by atoms with E-state index in [0.29, 0.717) is 22.8 Å². The van der Waals surface area contributed by atoms with Crippen LogP contribution in [0.1, 0.15) is 30.0 Å². The summed E-state index contributed by atoms with van der Waals surface area (Å²) in [6.45, 7) is 3.87. The first-order valence-corrected chi connectivity index (χ1v) is 8.64. The average Bonchev–Trinajstić information content (AvgIpc) is 2.89. The van der Waals surface area contributed by atoms with E-state index in [1.54, 1.807) is 25.2 Å². The topological polar surface area (TPSA) is 55.4 Å². The Kier molecular flexibility index (Phi) is 4.56. The van der Waals surface area contributed by atoms with Gasteiger partial charge in [0.05, 0.1) is 5.92 Å². The fraction of sp³-hybridized carbons (Fsp3) is 0.300. The Morgan fingerprint density at radius 3 is 2.52 bits per heavy atom. The minimum Gasteiger partial charge on any atom is -0.425 e. The molecule has 0 saturated heterocycles. The van der Waals surface area contributed by atoms with Crippen molar-refractivity contribution in [3.8, 4) is 5.75 Å². The molecule has 0 aromatic heterocycles. The molecule has 2 unspecified atom stereocenters. The number of benzene rings is 2. The molecule has 0 spiro atoms. The largest absolute Gasteiger partial charge is 0.425 e. The molecule has 1 N–H and O–H groups in total. The highest BCUT2D eigenvalue weighted by Gasteiger charge is 2.57. The summed E-state index contributed by atoms with van der Waals surface area (Å²) >= 11 is 6.20. The van der Waals surface area contributed by atoms with Gasteiger partial charge < -0.3 is 10.1 Å². The number of ether oxygens (including phenoxy) is 1. The molecule has 1 aliphatic heterocycles. The molecule has 0 aliphatic carbocycles. The van der Waals surface area contributed by atoms with Gasteiger partial charge in [0.25, 0.3) is 0 Å². The van der Waals surface area contributed by atoms with Gasteiger partial charge in [-0.15, -0.1) is 0 Å². The molecule has 0 bridgehead atoms. The molecule has 2 atom stereocenters. The molecule has 4 nitrogen and oxygen atoms in total. The van der Waals surface area contributed by atoms with Gasteiger partial charge >= 0.3 is 5.97 Å². The third-order valence-electron chi connectivity index (χ3n) is 4.89. The molecule has 5 heteroatoms. The zero-order valence-electron chi connectivity index (χ0n) is 14.4. The quantitative estimate of drug-likeness (QED) is 0.671. The maximum Gasteiger partial charge on any atom is 0.327 e. The Labute approximate surface area is 152 Å². The first-order valence-electron chi connectivity index (χ1n) is 8.26. The van der Waals surface area contributed by atoms with Crippen LogP contribution in [0.4, 0.5) is 0 Å². The van der Waals surface area contributed by atoms with E-state index in [2.05, 4.69) is 5.32 Å². The summed E-state index contributed by atoms with van der Waals surface area (Å²) in [7, 11) is 1.58. The van der Waals surface area contributed by atoms with Gasteiger partial charge in [0.15, 0.2) is 0 Å². The number of esters is 1. The molecule has 1 amide bonds. The Morgan fingerprint density at radius 2 is 1.92 bits per heavy atom. The Hall–Kier alpha value is -2.33. The van der Waals surface area contributed by atoms with E-state index in [-0.39, 0.29) is 5.91 Å². The lowest BCUT2D eigenvalue weighted by Crippen LogP contribution is -2.48. The van der Waals surface area contributed by atoms with Crippen LogP contribution in [0.2, 0.25) is 5.02 Å². The molecule has 2 aromatic rings. The number of aryl methyl sites for hydroxylation is 1. The van der Waals surface area contributed by atoms with Crippen molar-refractivity contribution in [1.29, 1.82) is 0 Å². The van der Waals surface area contributed by atoms with E-state index in [1.165, 1.54) is 0 Å². The normalized spacial score (nSPS) is 19.9. The van der Waals surface area contributed by atoms with E-state index in [9.17, 15) is 9.59 Å². The van der Waals surface area contributed by atoms with Crippen LogP contribution in [0.5, 0.6) is 5.75 Å². The van der Waals surface area contributed by atoms with Gasteiger partial charge in [0.1, 0.15) is 11.2 Å². The van der Waals surface area contributed by atoms with Crippen LogP contribution in [-0.2, 0) is 15.0 Å². The maximum atomic E-state index is 13.1. The summed E-state index contributed by atoms with van der Waals surface area (Å²) in [5.74, 6) is -0.790. The predicted molar refractivity (Wildman–Crippen MR) is 96.9 cm³/mol. The molecular formula is C20H20ClNO3. The van der Waals surface area contributed by atoms with E-state index >= 15 is 0 Å². The Morgan fingerprint density at radius 1 is 1.24 bits per heavy atom. The number of halogens is 1. The highest BCUT2D eigenvalue weighted by atomic mass is 35.5. The second-order valence-electron chi connectivity index (χ2n) is 6.28. The molecule has 0 saturated carbocycles. The molecule has 2 aromatic carbocycles. The summed E-state index contributed by atoms with van der Waals surface area (Å²) in [6, 6.07) is 12.7. The Balaban J connectivity index is 2.34. The van der Waals surface area contributed by atoms with E-state index in [1.807, 2.05) is 38.1 Å². The smallest absolute Gasteiger partial charge is 0.327 e. The van der Waals surface area contributed by atoms with Gasteiger partial charge in [0.2, 0.25) is 5.91 Å². The van der Waals surface area contributed by atoms with Gasteiger partial charge in [0, 0.05) is 17.6 Å². The second kappa shape index (κ2) is 6.52. The molecule has 3 rings (SSSR count). The fourth-order valence-corrected chi connectivity index (χ4v) is 3.85. The van der Waals surface area contributed by atoms with E-state index in [4.69, 9.17) is 16.3 Å². The van der Waals surface area contributed by atoms with E-state index < -0.39 is 17.3 Å². The molecule has 25 heavy (non-hydrogen) atoms. The van der Waals surface area contributed by atoms with Crippen LogP contribution >= 0.6 is 11.6 Å². The van der Waals surface area contributed by atoms with Crippen molar-refractivity contribution in [2.75, 3.05) is 7.05 Å². The first kappa shape index (κ1) is 17.5. The monoisotopic (exact) mass is 357 g/mol. The third-order valence-corrected chi connectivity index (χ3v) is 5.13. The standard InChI is InChI=1S/C20H20ClNO3/c1-4-15(18(23)22-3)20(13-7-5-12(2)6-8-13)16-11-14(21)9-10-17(16)25-19(20)24/h5-11,15H,4H2,1-3H3,(H,22,23). The lowest BCUT2D eigenvalue weighted by molar-refractivity contribution is -0.142. The summed E-state index contributed by atoms with van der Waals surface area (Å²) in [5.41, 5.74) is 1.25. The van der Waals surface area contributed by atoms with Crippen molar-refractivity contribution in [1.82, 2.24) is 5.32 Å².